The molecule has 2 aromatic rings. The highest BCUT2D eigenvalue weighted by Gasteiger charge is 2.32. The maximum Gasteiger partial charge on any atom is 0.424 e. The highest BCUT2D eigenvalue weighted by molar-refractivity contribution is 7.89. The number of pyridine rings is 1. The Morgan fingerprint density at radius 2 is 1.76 bits per heavy atom. The van der Waals surface area contributed by atoms with Crippen molar-refractivity contribution in [1.82, 2.24) is 9.29 Å². The lowest BCUT2D eigenvalue weighted by Crippen LogP contribution is -2.41. The zero-order valence-corrected chi connectivity index (χ0v) is 24.0. The van der Waals surface area contributed by atoms with Gasteiger partial charge in [-0.3, -0.25) is 9.78 Å². The highest BCUT2D eigenvalue weighted by atomic mass is 35.5. The van der Waals surface area contributed by atoms with E-state index in [1.807, 2.05) is 6.07 Å². The summed E-state index contributed by atoms with van der Waals surface area (Å²) in [5.74, 6) is 0.529. The van der Waals surface area contributed by atoms with E-state index in [2.05, 4.69) is 4.98 Å². The number of carbonyl (C=O) groups is 2. The summed E-state index contributed by atoms with van der Waals surface area (Å²) in [6.45, 7) is 5.44. The van der Waals surface area contributed by atoms with E-state index >= 15 is 0 Å². The molecule has 1 aromatic carbocycles. The molecule has 1 heterocycles. The number of halogens is 1. The van der Waals surface area contributed by atoms with Crippen molar-refractivity contribution in [3.8, 4) is 5.75 Å². The van der Waals surface area contributed by atoms with Gasteiger partial charge in [0.15, 0.2) is 0 Å². The fraction of sp³-hybridized carbons (Fsp3) is 0.519. The van der Waals surface area contributed by atoms with Crippen LogP contribution in [0.2, 0.25) is 5.02 Å². The summed E-state index contributed by atoms with van der Waals surface area (Å²) >= 11 is 5.91. The van der Waals surface area contributed by atoms with E-state index in [0.717, 1.165) is 10.7 Å². The molecule has 0 aliphatic carbocycles. The van der Waals surface area contributed by atoms with Crippen LogP contribution in [0.1, 0.15) is 59.3 Å². The first kappa shape index (κ1) is 31.4. The van der Waals surface area contributed by atoms with Gasteiger partial charge in [0, 0.05) is 24.2 Å². The lowest BCUT2D eigenvalue weighted by Gasteiger charge is -2.27. The molecule has 1 amide bonds. The van der Waals surface area contributed by atoms with Crippen molar-refractivity contribution in [1.29, 1.82) is 0 Å². The molecular weight excluding hydrogens is 532 g/mol. The summed E-state index contributed by atoms with van der Waals surface area (Å²) in [6, 6.07) is 9.25. The first-order valence-corrected chi connectivity index (χ1v) is 14.3. The Hall–Kier alpha value is -2.85. The third kappa shape index (κ3) is 10.9. The lowest BCUT2D eigenvalue weighted by molar-refractivity contribution is -0.141. The number of rotatable bonds is 14. The zero-order chi connectivity index (χ0) is 28.2. The van der Waals surface area contributed by atoms with Gasteiger partial charge in [0.1, 0.15) is 11.4 Å². The van der Waals surface area contributed by atoms with Crippen LogP contribution in [0.4, 0.5) is 4.79 Å². The molecule has 0 unspecified atom stereocenters. The van der Waals surface area contributed by atoms with Gasteiger partial charge in [0.05, 0.1) is 24.8 Å². The number of ether oxygens (including phenoxy) is 3. The van der Waals surface area contributed by atoms with Gasteiger partial charge >= 0.3 is 12.1 Å². The molecule has 38 heavy (non-hydrogen) atoms. The summed E-state index contributed by atoms with van der Waals surface area (Å²) in [6.07, 6.45) is 5.74. The Balaban J connectivity index is 2.03. The van der Waals surface area contributed by atoms with Crippen molar-refractivity contribution in [3.05, 3.63) is 53.8 Å². The number of nitrogens with zero attached hydrogens (tertiary/aromatic N) is 2. The summed E-state index contributed by atoms with van der Waals surface area (Å²) in [5.41, 5.74) is -0.863. The summed E-state index contributed by atoms with van der Waals surface area (Å²) in [5, 5.41) is 0.387. The first-order valence-electron chi connectivity index (χ1n) is 12.5. The minimum Gasteiger partial charge on any atom is -0.492 e. The topological polar surface area (TPSA) is 112 Å². The molecule has 0 saturated carbocycles. The Morgan fingerprint density at radius 1 is 1.05 bits per heavy atom. The number of hydrogen-bond acceptors (Lipinski definition) is 8. The van der Waals surface area contributed by atoms with Crippen LogP contribution in [0, 0.1) is 5.92 Å². The number of benzene rings is 1. The maximum atomic E-state index is 13.3. The van der Waals surface area contributed by atoms with Crippen molar-refractivity contribution in [2.75, 3.05) is 20.3 Å². The van der Waals surface area contributed by atoms with Crippen molar-refractivity contribution in [3.63, 3.8) is 0 Å². The van der Waals surface area contributed by atoms with Crippen LogP contribution >= 0.6 is 11.6 Å². The molecule has 0 radical (unpaired) electrons. The lowest BCUT2D eigenvalue weighted by atomic mass is 9.93. The normalized spacial score (nSPS) is 12.4. The smallest absolute Gasteiger partial charge is 0.424 e. The first-order chi connectivity index (χ1) is 17.9. The van der Waals surface area contributed by atoms with E-state index in [9.17, 15) is 18.0 Å². The van der Waals surface area contributed by atoms with Crippen molar-refractivity contribution < 1.29 is 32.2 Å². The van der Waals surface area contributed by atoms with Crippen LogP contribution in [0.5, 0.6) is 5.75 Å². The van der Waals surface area contributed by atoms with Crippen LogP contribution in [0.25, 0.3) is 0 Å². The monoisotopic (exact) mass is 568 g/mol. The number of carbonyl (C=O) groups excluding carboxylic acids is 2. The fourth-order valence-corrected chi connectivity index (χ4v) is 5.14. The van der Waals surface area contributed by atoms with E-state index in [1.54, 1.807) is 39.2 Å². The highest BCUT2D eigenvalue weighted by Crippen LogP contribution is 2.24. The number of unbranched alkanes of at least 4 members (excludes halogenated alkanes) is 1. The average molecular weight is 569 g/mol. The van der Waals surface area contributed by atoms with Gasteiger partial charge in [0.25, 0.3) is 10.0 Å². The third-order valence-electron chi connectivity index (χ3n) is 5.64. The van der Waals surface area contributed by atoms with Gasteiger partial charge < -0.3 is 14.2 Å². The largest absolute Gasteiger partial charge is 0.492 e. The summed E-state index contributed by atoms with van der Waals surface area (Å²) < 4.78 is 43.3. The molecule has 11 heteroatoms. The molecule has 0 saturated heterocycles. The number of esters is 1. The molecule has 0 aliphatic heterocycles. The molecule has 0 spiro atoms. The second-order valence-corrected chi connectivity index (χ2v) is 12.1. The second kappa shape index (κ2) is 14.9. The quantitative estimate of drug-likeness (QED) is 0.205. The standard InChI is InChI=1S/C27H37ClN2O7S/c1-27(2,3)37-26(32)30(38(33,34)24-13-11-22(28)12-14-24)18-6-5-8-21(10-15-25(31)35-4)16-19-36-23-9-7-17-29-20-23/h7,9,11-14,17,20-21H,5-6,8,10,15-16,18-19H2,1-4H3/t21-/m0/s1. The Labute approximate surface area is 230 Å². The maximum absolute atomic E-state index is 13.3. The van der Waals surface area contributed by atoms with E-state index < -0.39 is 21.7 Å². The Bertz CT molecular complexity index is 1120. The molecule has 0 fully saturated rings. The molecule has 0 bridgehead atoms. The molecule has 0 aliphatic rings. The zero-order valence-electron chi connectivity index (χ0n) is 22.4. The van der Waals surface area contributed by atoms with Gasteiger partial charge in [-0.1, -0.05) is 24.4 Å². The predicted molar refractivity (Wildman–Crippen MR) is 145 cm³/mol. The molecule has 0 N–H and O–H groups in total. The van der Waals surface area contributed by atoms with Gasteiger partial charge in [-0.2, -0.15) is 0 Å². The SMILES string of the molecule is COC(=O)CC[C@H](CCCCN(C(=O)OC(C)(C)C)S(=O)(=O)c1ccc(Cl)cc1)CCOc1cccnc1. The van der Waals surface area contributed by atoms with E-state index in [0.29, 0.717) is 43.1 Å². The number of hydrogen-bond donors (Lipinski definition) is 0. The van der Waals surface area contributed by atoms with Gasteiger partial charge in [0.2, 0.25) is 0 Å². The van der Waals surface area contributed by atoms with Gasteiger partial charge in [-0.25, -0.2) is 17.5 Å². The average Bonchev–Trinajstić information content (AvgIpc) is 2.86. The summed E-state index contributed by atoms with van der Waals surface area (Å²) in [4.78, 5) is 28.6. The number of amides is 1. The predicted octanol–water partition coefficient (Wildman–Crippen LogP) is 5.87. The molecule has 2 rings (SSSR count). The van der Waals surface area contributed by atoms with Gasteiger partial charge in [-0.05, 0) is 82.3 Å². The minimum absolute atomic E-state index is 0.0451. The van der Waals surface area contributed by atoms with Crippen molar-refractivity contribution in [2.24, 2.45) is 5.92 Å². The number of aromatic nitrogens is 1. The fourth-order valence-electron chi connectivity index (χ4n) is 3.68. The molecule has 210 valence electrons. The van der Waals surface area contributed by atoms with E-state index in [4.69, 9.17) is 25.8 Å². The van der Waals surface area contributed by atoms with Crippen molar-refractivity contribution in [2.45, 2.75) is 69.8 Å². The number of methoxy groups -OCH3 is 1. The molecular formula is C27H37ClN2O7S. The van der Waals surface area contributed by atoms with Crippen LogP contribution in [0.15, 0.2) is 53.7 Å². The Kier molecular flexibility index (Phi) is 12.3. The molecule has 1 atom stereocenters. The minimum atomic E-state index is -4.15. The molecule has 9 nitrogen and oxygen atoms in total. The Morgan fingerprint density at radius 3 is 2.37 bits per heavy atom. The van der Waals surface area contributed by atoms with Crippen LogP contribution in [-0.4, -0.2) is 55.6 Å². The second-order valence-electron chi connectivity index (χ2n) is 9.81. The number of sulfonamides is 1. The van der Waals surface area contributed by atoms with E-state index in [-0.39, 0.29) is 29.7 Å². The van der Waals surface area contributed by atoms with Crippen molar-refractivity contribution >= 4 is 33.7 Å². The van der Waals surface area contributed by atoms with Crippen LogP contribution in [-0.2, 0) is 24.3 Å². The van der Waals surface area contributed by atoms with Crippen LogP contribution in [0.3, 0.4) is 0 Å². The third-order valence-corrected chi connectivity index (χ3v) is 7.67. The summed E-state index contributed by atoms with van der Waals surface area (Å²) in [7, 11) is -2.79. The van der Waals surface area contributed by atoms with Crippen LogP contribution < -0.4 is 4.74 Å². The molecule has 1 aromatic heterocycles. The van der Waals surface area contributed by atoms with E-state index in [1.165, 1.54) is 31.4 Å². The van der Waals surface area contributed by atoms with Gasteiger partial charge in [-0.15, -0.1) is 0 Å².